The number of rotatable bonds is 3. The minimum Gasteiger partial charge on any atom is -0.383 e. The SMILES string of the molecule is Nc1ncc2c3c1c(-c1ccc(C(=O)Nc4ccccn4)cc1)nn3[C@@H]1CCC[C@H](C1)NC(=O)CCCCC/C=C\C2. The summed E-state index contributed by atoms with van der Waals surface area (Å²) in [6.07, 6.45) is 17.1. The van der Waals surface area contributed by atoms with Gasteiger partial charge in [-0.15, -0.1) is 0 Å². The van der Waals surface area contributed by atoms with Crippen LogP contribution in [0.5, 0.6) is 0 Å². The molecular weight excluding hydrogens is 526 g/mol. The lowest BCUT2D eigenvalue weighted by Crippen LogP contribution is -2.39. The molecular formula is C33H37N7O2. The quantitative estimate of drug-likeness (QED) is 0.263. The number of carbonyl (C=O) groups excluding carboxylic acids is 2. The summed E-state index contributed by atoms with van der Waals surface area (Å²) in [6, 6.07) is 13.0. The first-order chi connectivity index (χ1) is 20.6. The highest BCUT2D eigenvalue weighted by molar-refractivity contribution is 6.05. The molecule has 4 N–H and O–H groups in total. The lowest BCUT2D eigenvalue weighted by molar-refractivity contribution is -0.122. The molecule has 2 aliphatic rings. The van der Waals surface area contributed by atoms with E-state index < -0.39 is 0 Å². The maximum absolute atomic E-state index is 12.8. The van der Waals surface area contributed by atoms with Crippen LogP contribution in [0.3, 0.4) is 0 Å². The number of carbonyl (C=O) groups is 2. The molecule has 3 aromatic heterocycles. The zero-order valence-corrected chi connectivity index (χ0v) is 23.8. The minimum atomic E-state index is -0.231. The van der Waals surface area contributed by atoms with E-state index in [4.69, 9.17) is 10.8 Å². The predicted molar refractivity (Wildman–Crippen MR) is 165 cm³/mol. The van der Waals surface area contributed by atoms with Gasteiger partial charge in [0.2, 0.25) is 5.91 Å². The van der Waals surface area contributed by atoms with Gasteiger partial charge in [-0.25, -0.2) is 9.97 Å². The third kappa shape index (κ3) is 6.05. The van der Waals surface area contributed by atoms with E-state index in [1.165, 1.54) is 0 Å². The van der Waals surface area contributed by atoms with E-state index in [1.54, 1.807) is 30.5 Å². The average molecular weight is 564 g/mol. The molecule has 0 radical (unpaired) electrons. The van der Waals surface area contributed by atoms with E-state index in [1.807, 2.05) is 24.4 Å². The fourth-order valence-corrected chi connectivity index (χ4v) is 6.15. The zero-order valence-electron chi connectivity index (χ0n) is 23.8. The number of nitrogen functional groups attached to an aromatic ring is 1. The van der Waals surface area contributed by atoms with Crippen LogP contribution in [-0.2, 0) is 11.2 Å². The normalized spacial score (nSPS) is 20.5. The third-order valence-electron chi connectivity index (χ3n) is 8.29. The van der Waals surface area contributed by atoms with E-state index in [-0.39, 0.29) is 23.9 Å². The maximum Gasteiger partial charge on any atom is 0.256 e. The van der Waals surface area contributed by atoms with E-state index in [2.05, 4.69) is 37.4 Å². The summed E-state index contributed by atoms with van der Waals surface area (Å²) < 4.78 is 2.14. The molecule has 1 aliphatic heterocycles. The Hall–Kier alpha value is -4.53. The van der Waals surface area contributed by atoms with Crippen molar-refractivity contribution in [1.29, 1.82) is 0 Å². The molecule has 4 aromatic rings. The van der Waals surface area contributed by atoms with Gasteiger partial charge in [-0.3, -0.25) is 14.3 Å². The van der Waals surface area contributed by atoms with Crippen LogP contribution >= 0.6 is 0 Å². The number of amides is 2. The largest absolute Gasteiger partial charge is 0.383 e. The molecule has 42 heavy (non-hydrogen) atoms. The van der Waals surface area contributed by atoms with Crippen LogP contribution in [0, 0.1) is 0 Å². The van der Waals surface area contributed by atoms with Crippen molar-refractivity contribution in [3.8, 4) is 11.3 Å². The zero-order chi connectivity index (χ0) is 28.9. The monoisotopic (exact) mass is 563 g/mol. The van der Waals surface area contributed by atoms with Gasteiger partial charge in [0.25, 0.3) is 5.91 Å². The number of fused-ring (bicyclic) bond motifs is 3. The number of hydrogen-bond donors (Lipinski definition) is 3. The van der Waals surface area contributed by atoms with E-state index in [9.17, 15) is 9.59 Å². The maximum atomic E-state index is 12.8. The van der Waals surface area contributed by atoms with Crippen LogP contribution in [0.15, 0.2) is 67.0 Å². The van der Waals surface area contributed by atoms with Gasteiger partial charge in [-0.1, -0.05) is 36.8 Å². The van der Waals surface area contributed by atoms with Gasteiger partial charge < -0.3 is 16.4 Å². The van der Waals surface area contributed by atoms with Crippen LogP contribution in [0.25, 0.3) is 22.2 Å². The highest BCUT2D eigenvalue weighted by Crippen LogP contribution is 2.38. The number of benzene rings is 1. The number of nitrogens with one attached hydrogen (secondary N) is 2. The van der Waals surface area contributed by atoms with Crippen molar-refractivity contribution in [3.63, 3.8) is 0 Å². The molecule has 4 heterocycles. The molecule has 9 nitrogen and oxygen atoms in total. The van der Waals surface area contributed by atoms with Gasteiger partial charge in [0, 0.05) is 41.5 Å². The van der Waals surface area contributed by atoms with Gasteiger partial charge in [0.1, 0.15) is 17.3 Å². The summed E-state index contributed by atoms with van der Waals surface area (Å²) in [5.74, 6) is 0.854. The van der Waals surface area contributed by atoms with E-state index in [0.29, 0.717) is 23.6 Å². The molecule has 1 aromatic carbocycles. The molecule has 0 unspecified atom stereocenters. The number of hydrogen-bond acceptors (Lipinski definition) is 6. The molecule has 1 saturated carbocycles. The van der Waals surface area contributed by atoms with Gasteiger partial charge in [-0.2, -0.15) is 5.10 Å². The van der Waals surface area contributed by atoms with Crippen LogP contribution < -0.4 is 16.4 Å². The number of allylic oxidation sites excluding steroid dienone is 2. The number of nitrogens with zero attached hydrogens (tertiary/aromatic N) is 4. The second kappa shape index (κ2) is 12.5. The summed E-state index contributed by atoms with van der Waals surface area (Å²) in [6.45, 7) is 0. The van der Waals surface area contributed by atoms with Crippen LogP contribution in [0.2, 0.25) is 0 Å². The summed E-state index contributed by atoms with van der Waals surface area (Å²) in [5, 5.41) is 12.1. The van der Waals surface area contributed by atoms with Crippen molar-refractivity contribution in [2.45, 2.75) is 76.3 Å². The molecule has 2 amide bonds. The molecule has 216 valence electrons. The standard InChI is InChI=1S/C33H37N7O2/c34-32-29-30(22-15-17-23(18-16-22)33(42)38-27-13-7-8-19-35-27)39-40-26-12-9-11-25(20-26)37-28(41)14-6-4-2-1-3-5-10-24(21-36-32)31(29)40/h3,5,7-8,13,15-19,21,25-26H,1-2,4,6,9-12,14,20H2,(H2,34,36)(H,37,41)(H,35,38,42)/b5-3-/t25-,26-/m1/s1. The van der Waals surface area contributed by atoms with Gasteiger partial charge in [0.15, 0.2) is 0 Å². The first-order valence-electron chi connectivity index (χ1n) is 15.0. The van der Waals surface area contributed by atoms with Crippen molar-refractivity contribution in [2.75, 3.05) is 11.1 Å². The molecule has 2 bridgehead atoms. The molecule has 2 atom stereocenters. The lowest BCUT2D eigenvalue weighted by atomic mass is 9.90. The Kier molecular flexibility index (Phi) is 8.26. The summed E-state index contributed by atoms with van der Waals surface area (Å²) in [7, 11) is 0. The van der Waals surface area contributed by atoms with Crippen LogP contribution in [-0.4, -0.2) is 37.6 Å². The summed E-state index contributed by atoms with van der Waals surface area (Å²) in [4.78, 5) is 34.3. The van der Waals surface area contributed by atoms with Gasteiger partial charge in [-0.05, 0) is 75.6 Å². The molecule has 6 rings (SSSR count). The third-order valence-corrected chi connectivity index (χ3v) is 8.29. The topological polar surface area (TPSA) is 128 Å². The van der Waals surface area contributed by atoms with Crippen molar-refractivity contribution in [3.05, 3.63) is 78.1 Å². The fourth-order valence-electron chi connectivity index (χ4n) is 6.15. The molecule has 1 fully saturated rings. The fraction of sp³-hybridized carbons (Fsp3) is 0.364. The lowest BCUT2D eigenvalue weighted by Gasteiger charge is -2.30. The van der Waals surface area contributed by atoms with E-state index in [0.717, 1.165) is 85.5 Å². The number of pyridine rings is 2. The van der Waals surface area contributed by atoms with Crippen molar-refractivity contribution < 1.29 is 9.59 Å². The van der Waals surface area contributed by atoms with Crippen LogP contribution in [0.4, 0.5) is 11.6 Å². The highest BCUT2D eigenvalue weighted by Gasteiger charge is 2.29. The number of aromatic nitrogens is 4. The highest BCUT2D eigenvalue weighted by atomic mass is 16.2. The van der Waals surface area contributed by atoms with Crippen molar-refractivity contribution in [1.82, 2.24) is 25.1 Å². The van der Waals surface area contributed by atoms with E-state index >= 15 is 0 Å². The Bertz CT molecular complexity index is 1590. The Labute approximate surface area is 245 Å². The van der Waals surface area contributed by atoms with Crippen LogP contribution in [0.1, 0.15) is 79.8 Å². The second-order valence-electron chi connectivity index (χ2n) is 11.3. The summed E-state index contributed by atoms with van der Waals surface area (Å²) in [5.41, 5.74) is 10.8. The number of nitrogens with two attached hydrogens (primary N) is 1. The van der Waals surface area contributed by atoms with Gasteiger partial charge >= 0.3 is 0 Å². The smallest absolute Gasteiger partial charge is 0.256 e. The Morgan fingerprint density at radius 1 is 1.00 bits per heavy atom. The minimum absolute atomic E-state index is 0.126. The second-order valence-corrected chi connectivity index (χ2v) is 11.3. The molecule has 9 heteroatoms. The first-order valence-corrected chi connectivity index (χ1v) is 15.0. The van der Waals surface area contributed by atoms with Crippen molar-refractivity contribution >= 4 is 34.4 Å². The Morgan fingerprint density at radius 3 is 2.71 bits per heavy atom. The average Bonchev–Trinajstić information content (AvgIpc) is 3.42. The Morgan fingerprint density at radius 2 is 1.88 bits per heavy atom. The summed E-state index contributed by atoms with van der Waals surface area (Å²) >= 11 is 0. The van der Waals surface area contributed by atoms with Gasteiger partial charge in [0.05, 0.1) is 16.9 Å². The predicted octanol–water partition coefficient (Wildman–Crippen LogP) is 5.99. The number of anilines is 2. The molecule has 0 saturated heterocycles. The molecule has 0 spiro atoms. The van der Waals surface area contributed by atoms with Crippen molar-refractivity contribution in [2.24, 2.45) is 0 Å². The Balaban J connectivity index is 1.38. The first kappa shape index (κ1) is 27.6. The molecule has 1 aliphatic carbocycles.